The standard InChI is InChI=1S/C21H24N2Si/c1-3-9-18(10-4-1)21(23-16-15-22-17-23,19-11-5-2-6-12-19)24-20-13-7-8-14-20/h1-6,9-12,15-17,20H,7-8,13-14,24H2. The van der Waals surface area contributed by atoms with Crippen LogP contribution in [0.25, 0.3) is 0 Å². The Morgan fingerprint density at radius 1 is 0.875 bits per heavy atom. The number of hydrogen-bond donors (Lipinski definition) is 0. The molecule has 2 aromatic carbocycles. The van der Waals surface area contributed by atoms with E-state index in [1.165, 1.54) is 36.8 Å². The number of rotatable bonds is 5. The summed E-state index contributed by atoms with van der Waals surface area (Å²) in [5, 5.41) is -0.0337. The molecule has 0 unspecified atom stereocenters. The highest BCUT2D eigenvalue weighted by Gasteiger charge is 2.39. The van der Waals surface area contributed by atoms with E-state index in [4.69, 9.17) is 0 Å². The second-order valence-corrected chi connectivity index (χ2v) is 9.50. The Labute approximate surface area is 146 Å². The molecule has 1 heterocycles. The van der Waals surface area contributed by atoms with Gasteiger partial charge < -0.3 is 4.57 Å². The summed E-state index contributed by atoms with van der Waals surface area (Å²) in [6, 6.07) is 22.1. The van der Waals surface area contributed by atoms with Crippen molar-refractivity contribution in [2.45, 2.75) is 36.4 Å². The second kappa shape index (κ2) is 6.77. The first-order valence-corrected chi connectivity index (χ1v) is 10.5. The largest absolute Gasteiger partial charge is 0.327 e. The zero-order valence-corrected chi connectivity index (χ0v) is 15.4. The molecule has 0 saturated heterocycles. The normalized spacial score (nSPS) is 16.2. The molecule has 1 aromatic heterocycles. The first-order chi connectivity index (χ1) is 11.9. The van der Waals surface area contributed by atoms with Gasteiger partial charge in [0.2, 0.25) is 0 Å². The third-order valence-electron chi connectivity index (χ3n) is 5.51. The molecule has 0 atom stereocenters. The number of benzene rings is 2. The monoisotopic (exact) mass is 332 g/mol. The molecule has 0 bridgehead atoms. The van der Waals surface area contributed by atoms with Crippen LogP contribution < -0.4 is 0 Å². The van der Waals surface area contributed by atoms with E-state index >= 15 is 0 Å². The lowest BCUT2D eigenvalue weighted by atomic mass is 9.97. The first-order valence-electron chi connectivity index (χ1n) is 8.99. The van der Waals surface area contributed by atoms with Crippen LogP contribution in [0.5, 0.6) is 0 Å². The van der Waals surface area contributed by atoms with Crippen molar-refractivity contribution in [3.05, 3.63) is 90.5 Å². The highest BCUT2D eigenvalue weighted by Crippen LogP contribution is 2.40. The third kappa shape index (κ3) is 2.73. The van der Waals surface area contributed by atoms with Gasteiger partial charge in [-0.2, -0.15) is 0 Å². The minimum Gasteiger partial charge on any atom is -0.327 e. The summed E-state index contributed by atoms with van der Waals surface area (Å²) in [7, 11) is -0.448. The van der Waals surface area contributed by atoms with Gasteiger partial charge in [0.05, 0.1) is 21.0 Å². The quantitative estimate of drug-likeness (QED) is 0.641. The van der Waals surface area contributed by atoms with Crippen molar-refractivity contribution < 1.29 is 0 Å². The van der Waals surface area contributed by atoms with Gasteiger partial charge in [0.1, 0.15) is 0 Å². The van der Waals surface area contributed by atoms with Crippen molar-refractivity contribution in [3.63, 3.8) is 0 Å². The van der Waals surface area contributed by atoms with E-state index in [-0.39, 0.29) is 5.16 Å². The zero-order chi connectivity index (χ0) is 16.2. The molecule has 0 aliphatic heterocycles. The molecular formula is C21H24N2Si. The van der Waals surface area contributed by atoms with Crippen molar-refractivity contribution in [1.82, 2.24) is 9.55 Å². The van der Waals surface area contributed by atoms with Gasteiger partial charge in [0.15, 0.2) is 0 Å². The lowest BCUT2D eigenvalue weighted by Crippen LogP contribution is -2.43. The predicted octanol–water partition coefficient (Wildman–Crippen LogP) is 4.16. The predicted molar refractivity (Wildman–Crippen MR) is 102 cm³/mol. The van der Waals surface area contributed by atoms with E-state index in [0.717, 1.165) is 5.54 Å². The summed E-state index contributed by atoms with van der Waals surface area (Å²) in [6.07, 6.45) is 11.7. The molecule has 0 N–H and O–H groups in total. The molecule has 4 rings (SSSR count). The van der Waals surface area contributed by atoms with Gasteiger partial charge in [-0.3, -0.25) is 0 Å². The fraction of sp³-hybridized carbons (Fsp3) is 0.286. The molecule has 122 valence electrons. The summed E-state index contributed by atoms with van der Waals surface area (Å²) in [5.74, 6) is 0. The van der Waals surface area contributed by atoms with Gasteiger partial charge in [-0.05, 0) is 16.7 Å². The van der Waals surface area contributed by atoms with Crippen molar-refractivity contribution in [3.8, 4) is 0 Å². The average molecular weight is 333 g/mol. The molecule has 24 heavy (non-hydrogen) atoms. The van der Waals surface area contributed by atoms with Crippen molar-refractivity contribution in [2.75, 3.05) is 0 Å². The van der Waals surface area contributed by atoms with Crippen LogP contribution in [-0.4, -0.2) is 19.1 Å². The Morgan fingerprint density at radius 2 is 1.46 bits per heavy atom. The third-order valence-corrected chi connectivity index (χ3v) is 8.67. The molecule has 1 aliphatic carbocycles. The zero-order valence-electron chi connectivity index (χ0n) is 14.0. The van der Waals surface area contributed by atoms with Gasteiger partial charge in [-0.1, -0.05) is 86.3 Å². The number of imidazole rings is 1. The van der Waals surface area contributed by atoms with Crippen LogP contribution in [0.1, 0.15) is 36.8 Å². The second-order valence-electron chi connectivity index (χ2n) is 6.92. The fourth-order valence-electron chi connectivity index (χ4n) is 4.35. The molecule has 3 heteroatoms. The maximum absolute atomic E-state index is 4.40. The summed E-state index contributed by atoms with van der Waals surface area (Å²) in [5.41, 5.74) is 3.73. The summed E-state index contributed by atoms with van der Waals surface area (Å²) in [4.78, 5) is 4.40. The van der Waals surface area contributed by atoms with Gasteiger partial charge in [-0.25, -0.2) is 4.98 Å². The van der Waals surface area contributed by atoms with Gasteiger partial charge in [0, 0.05) is 12.4 Å². The van der Waals surface area contributed by atoms with E-state index in [9.17, 15) is 0 Å². The first kappa shape index (κ1) is 15.4. The maximum atomic E-state index is 4.40. The Hall–Kier alpha value is -2.13. The fourth-order valence-corrected chi connectivity index (χ4v) is 7.51. The molecule has 0 spiro atoms. The van der Waals surface area contributed by atoms with Crippen LogP contribution in [0, 0.1) is 0 Å². The molecule has 3 aromatic rings. The van der Waals surface area contributed by atoms with Crippen LogP contribution in [-0.2, 0) is 5.16 Å². The maximum Gasteiger partial charge on any atom is 0.0953 e. The summed E-state index contributed by atoms with van der Waals surface area (Å²) in [6.45, 7) is 0. The number of hydrogen-bond acceptors (Lipinski definition) is 1. The average Bonchev–Trinajstić information content (AvgIpc) is 3.35. The van der Waals surface area contributed by atoms with Gasteiger partial charge >= 0.3 is 0 Å². The van der Waals surface area contributed by atoms with E-state index in [2.05, 4.69) is 76.4 Å². The minimum absolute atomic E-state index is 0.0337. The van der Waals surface area contributed by atoms with Crippen molar-refractivity contribution in [2.24, 2.45) is 0 Å². The van der Waals surface area contributed by atoms with Crippen LogP contribution in [0.3, 0.4) is 0 Å². The summed E-state index contributed by atoms with van der Waals surface area (Å²) < 4.78 is 2.38. The Balaban J connectivity index is 1.91. The molecule has 1 aliphatic rings. The van der Waals surface area contributed by atoms with E-state index in [1.807, 2.05) is 12.5 Å². The Bertz CT molecular complexity index is 708. The molecule has 1 fully saturated rings. The molecule has 1 saturated carbocycles. The highest BCUT2D eigenvalue weighted by atomic mass is 28.2. The van der Waals surface area contributed by atoms with Crippen molar-refractivity contribution in [1.29, 1.82) is 0 Å². The molecule has 0 radical (unpaired) electrons. The Morgan fingerprint density at radius 3 is 1.96 bits per heavy atom. The lowest BCUT2D eigenvalue weighted by Gasteiger charge is -2.38. The number of nitrogens with zero attached hydrogens (tertiary/aromatic N) is 2. The van der Waals surface area contributed by atoms with Crippen LogP contribution in [0.2, 0.25) is 5.54 Å². The van der Waals surface area contributed by atoms with Crippen LogP contribution >= 0.6 is 0 Å². The van der Waals surface area contributed by atoms with Crippen LogP contribution in [0.15, 0.2) is 79.4 Å². The summed E-state index contributed by atoms with van der Waals surface area (Å²) >= 11 is 0. The van der Waals surface area contributed by atoms with E-state index in [0.29, 0.717) is 0 Å². The smallest absolute Gasteiger partial charge is 0.0953 e. The SMILES string of the molecule is c1ccc(C([SiH2]C2CCCC2)(c2ccccc2)n2ccnc2)cc1. The molecular weight excluding hydrogens is 308 g/mol. The lowest BCUT2D eigenvalue weighted by molar-refractivity contribution is 0.579. The van der Waals surface area contributed by atoms with Crippen molar-refractivity contribution >= 4 is 9.52 Å². The highest BCUT2D eigenvalue weighted by molar-refractivity contribution is 6.43. The topological polar surface area (TPSA) is 17.8 Å². The van der Waals surface area contributed by atoms with Gasteiger partial charge in [-0.15, -0.1) is 0 Å². The van der Waals surface area contributed by atoms with E-state index in [1.54, 1.807) is 0 Å². The molecule has 0 amide bonds. The van der Waals surface area contributed by atoms with Crippen LogP contribution in [0.4, 0.5) is 0 Å². The minimum atomic E-state index is -0.448. The van der Waals surface area contributed by atoms with Gasteiger partial charge in [0.25, 0.3) is 0 Å². The number of aromatic nitrogens is 2. The Kier molecular flexibility index (Phi) is 4.35. The van der Waals surface area contributed by atoms with E-state index < -0.39 is 9.52 Å². The molecule has 2 nitrogen and oxygen atoms in total.